The van der Waals surface area contributed by atoms with Crippen molar-refractivity contribution < 1.29 is 76.6 Å². The summed E-state index contributed by atoms with van der Waals surface area (Å²) in [6.45, 7) is 3.78. The van der Waals surface area contributed by atoms with E-state index in [1.54, 1.807) is 12.2 Å². The SMILES string of the molecule is CCCCC[C@H](O)/C=C/[C@H]1C(=O)C[C@H](O)[C@@H]1CCCCCCC(=O)OC[C@H](COP(=O)(O)OC[C@@H](O)COP(=O)(O)O)OC(=O)CCCCCCCCCCCCCCCCC(C)CC. The quantitative estimate of drug-likeness (QED) is 0.0144. The molecule has 0 heterocycles. The van der Waals surface area contributed by atoms with Crippen molar-refractivity contribution >= 4 is 33.4 Å². The Morgan fingerprint density at radius 3 is 1.75 bits per heavy atom. The molecule has 0 saturated heterocycles. The number of ketones is 1. The van der Waals surface area contributed by atoms with Gasteiger partial charge in [-0.2, -0.15) is 0 Å². The lowest BCUT2D eigenvalue weighted by molar-refractivity contribution is -0.161. The van der Waals surface area contributed by atoms with Gasteiger partial charge in [0.05, 0.1) is 32.0 Å². The molecule has 16 nitrogen and oxygen atoms in total. The third-order valence-electron chi connectivity index (χ3n) is 12.1. The molecule has 1 fully saturated rings. The Balaban J connectivity index is 2.47. The smallest absolute Gasteiger partial charge is 0.462 e. The second kappa shape index (κ2) is 37.4. The number of aliphatic hydroxyl groups excluding tert-OH is 3. The molecule has 0 radical (unpaired) electrons. The predicted molar refractivity (Wildman–Crippen MR) is 249 cm³/mol. The minimum atomic E-state index is -4.89. The third kappa shape index (κ3) is 34.4. The molecule has 1 saturated carbocycles. The van der Waals surface area contributed by atoms with Gasteiger partial charge in [0.25, 0.3) is 0 Å². The summed E-state index contributed by atoms with van der Waals surface area (Å²) in [7, 11) is -9.76. The zero-order valence-electron chi connectivity index (χ0n) is 40.0. The average Bonchev–Trinajstić information content (AvgIpc) is 3.53. The average molecular weight is 971 g/mol. The van der Waals surface area contributed by atoms with Crippen LogP contribution in [-0.2, 0) is 46.6 Å². The molecular weight excluding hydrogens is 882 g/mol. The largest absolute Gasteiger partial charge is 0.472 e. The molecule has 8 atom stereocenters. The minimum Gasteiger partial charge on any atom is -0.462 e. The van der Waals surface area contributed by atoms with E-state index < -0.39 is 84.3 Å². The number of hydrogen-bond acceptors (Lipinski definition) is 13. The molecule has 0 aromatic heterocycles. The van der Waals surface area contributed by atoms with Gasteiger partial charge in [-0.05, 0) is 37.5 Å². The topological polar surface area (TPSA) is 253 Å². The Labute approximate surface area is 390 Å². The van der Waals surface area contributed by atoms with Crippen molar-refractivity contribution in [1.82, 2.24) is 0 Å². The molecule has 0 spiro atoms. The van der Waals surface area contributed by atoms with E-state index in [1.165, 1.54) is 70.6 Å². The van der Waals surface area contributed by atoms with E-state index in [4.69, 9.17) is 28.3 Å². The standard InChI is InChI=1S/C47H88O16P2/c1-4-6-21-27-39(48)31-32-43-42(44(50)33-45(43)51)28-23-19-20-24-29-46(52)59-36-41(37-62-65(57,58)61-35-40(49)34-60-64(54,55)56)63-47(53)30-25-18-16-14-12-10-8-7-9-11-13-15-17-22-26-38(3)5-2/h31-32,38-44,48-50H,4-30,33-37H2,1-3H3,(H,57,58)(H2,54,55,56)/b32-31+/t38?,39-,40-,41+,42+,43+,44-/m0/s1. The molecule has 382 valence electrons. The highest BCUT2D eigenvalue weighted by atomic mass is 31.2. The van der Waals surface area contributed by atoms with Gasteiger partial charge in [-0.1, -0.05) is 168 Å². The lowest BCUT2D eigenvalue weighted by Gasteiger charge is -2.20. The van der Waals surface area contributed by atoms with Crippen molar-refractivity contribution in [2.24, 2.45) is 17.8 Å². The number of phosphoric ester groups is 2. The molecule has 18 heteroatoms. The van der Waals surface area contributed by atoms with Crippen LogP contribution in [0, 0.1) is 17.8 Å². The number of phosphoric acid groups is 2. The molecule has 0 aromatic rings. The zero-order chi connectivity index (χ0) is 48.4. The normalized spacial score (nSPS) is 19.6. The van der Waals surface area contributed by atoms with Crippen LogP contribution in [-0.4, -0.2) is 98.6 Å². The maximum absolute atomic E-state index is 12.8. The van der Waals surface area contributed by atoms with Crippen LogP contribution in [0.5, 0.6) is 0 Å². The van der Waals surface area contributed by atoms with Crippen molar-refractivity contribution in [2.75, 3.05) is 26.4 Å². The summed E-state index contributed by atoms with van der Waals surface area (Å²) in [5.41, 5.74) is 0. The summed E-state index contributed by atoms with van der Waals surface area (Å²) in [6.07, 6.45) is 25.3. The van der Waals surface area contributed by atoms with Gasteiger partial charge in [-0.25, -0.2) is 9.13 Å². The first-order valence-corrected chi connectivity index (χ1v) is 27.9. The number of hydrogen-bond donors (Lipinski definition) is 6. The number of carbonyl (C=O) groups excluding carboxylic acids is 3. The summed E-state index contributed by atoms with van der Waals surface area (Å²) in [5.74, 6) is -1.01. The van der Waals surface area contributed by atoms with Crippen LogP contribution in [0.2, 0.25) is 0 Å². The van der Waals surface area contributed by atoms with Gasteiger partial charge in [0.2, 0.25) is 0 Å². The highest BCUT2D eigenvalue weighted by Gasteiger charge is 2.39. The molecule has 1 aliphatic rings. The Hall–Kier alpha value is -1.55. The highest BCUT2D eigenvalue weighted by Crippen LogP contribution is 2.44. The van der Waals surface area contributed by atoms with Crippen molar-refractivity contribution in [2.45, 2.75) is 225 Å². The Kier molecular flexibility index (Phi) is 35.3. The maximum Gasteiger partial charge on any atom is 0.472 e. The van der Waals surface area contributed by atoms with Crippen LogP contribution in [0.4, 0.5) is 0 Å². The van der Waals surface area contributed by atoms with E-state index in [0.29, 0.717) is 32.1 Å². The van der Waals surface area contributed by atoms with Crippen molar-refractivity contribution in [3.63, 3.8) is 0 Å². The second-order valence-corrected chi connectivity index (χ2v) is 20.8. The number of rotatable bonds is 43. The first kappa shape index (κ1) is 61.5. The van der Waals surface area contributed by atoms with E-state index in [2.05, 4.69) is 25.3 Å². The summed E-state index contributed by atoms with van der Waals surface area (Å²) in [6, 6.07) is 0. The molecule has 0 aromatic carbocycles. The van der Waals surface area contributed by atoms with Crippen molar-refractivity contribution in [3.8, 4) is 0 Å². The molecule has 65 heavy (non-hydrogen) atoms. The van der Waals surface area contributed by atoms with Gasteiger partial charge in [0.15, 0.2) is 6.10 Å². The summed E-state index contributed by atoms with van der Waals surface area (Å²) >= 11 is 0. The molecule has 0 aliphatic heterocycles. The van der Waals surface area contributed by atoms with Crippen LogP contribution < -0.4 is 0 Å². The highest BCUT2D eigenvalue weighted by molar-refractivity contribution is 7.47. The summed E-state index contributed by atoms with van der Waals surface area (Å²) in [4.78, 5) is 65.6. The number of aliphatic hydroxyl groups is 3. The van der Waals surface area contributed by atoms with Gasteiger partial charge in [0.1, 0.15) is 18.5 Å². The number of ether oxygens (including phenoxy) is 2. The van der Waals surface area contributed by atoms with Crippen LogP contribution in [0.1, 0.15) is 201 Å². The Bertz CT molecular complexity index is 1380. The Morgan fingerprint density at radius 2 is 1.18 bits per heavy atom. The fourth-order valence-corrected chi connectivity index (χ4v) is 9.03. The fraction of sp³-hybridized carbons (Fsp3) is 0.894. The molecule has 2 unspecified atom stereocenters. The molecule has 0 bridgehead atoms. The number of allylic oxidation sites excluding steroid dienone is 1. The second-order valence-electron chi connectivity index (χ2n) is 18.1. The molecule has 1 rings (SSSR count). The van der Waals surface area contributed by atoms with Crippen LogP contribution in [0.3, 0.4) is 0 Å². The fourth-order valence-electron chi connectivity index (χ4n) is 7.88. The maximum atomic E-state index is 12.8. The van der Waals surface area contributed by atoms with E-state index in [0.717, 1.165) is 63.7 Å². The minimum absolute atomic E-state index is 0.0267. The summed E-state index contributed by atoms with van der Waals surface area (Å²) < 4.78 is 47.9. The number of carbonyl (C=O) groups is 3. The Morgan fingerprint density at radius 1 is 0.677 bits per heavy atom. The number of unbranched alkanes of at least 4 members (excludes halogenated alkanes) is 18. The van der Waals surface area contributed by atoms with Crippen molar-refractivity contribution in [1.29, 1.82) is 0 Å². The number of Topliss-reactive ketones (excluding diaryl/α,β-unsaturated/α-hetero) is 1. The predicted octanol–water partition coefficient (Wildman–Crippen LogP) is 9.74. The molecule has 0 amide bonds. The van der Waals surface area contributed by atoms with Crippen LogP contribution in [0.25, 0.3) is 0 Å². The van der Waals surface area contributed by atoms with Crippen molar-refractivity contribution in [3.05, 3.63) is 12.2 Å². The van der Waals surface area contributed by atoms with E-state index in [1.807, 2.05) is 0 Å². The lowest BCUT2D eigenvalue weighted by Crippen LogP contribution is -2.30. The monoisotopic (exact) mass is 971 g/mol. The molecular formula is C47H88O16P2. The van der Waals surface area contributed by atoms with E-state index >= 15 is 0 Å². The first-order valence-electron chi connectivity index (χ1n) is 24.9. The van der Waals surface area contributed by atoms with E-state index in [9.17, 15) is 43.7 Å². The molecule has 6 N–H and O–H groups in total. The van der Waals surface area contributed by atoms with E-state index in [-0.39, 0.29) is 31.0 Å². The van der Waals surface area contributed by atoms with Gasteiger partial charge in [0, 0.05) is 25.2 Å². The van der Waals surface area contributed by atoms with Crippen LogP contribution in [0.15, 0.2) is 12.2 Å². The van der Waals surface area contributed by atoms with Gasteiger partial charge >= 0.3 is 27.6 Å². The van der Waals surface area contributed by atoms with Gasteiger partial charge < -0.3 is 39.5 Å². The van der Waals surface area contributed by atoms with Gasteiger partial charge in [-0.15, -0.1) is 0 Å². The van der Waals surface area contributed by atoms with Gasteiger partial charge in [-0.3, -0.25) is 28.0 Å². The first-order chi connectivity index (χ1) is 31.0. The van der Waals surface area contributed by atoms with Crippen LogP contribution >= 0.6 is 15.6 Å². The third-order valence-corrected chi connectivity index (χ3v) is 13.5. The number of esters is 2. The molecule has 1 aliphatic carbocycles. The zero-order valence-corrected chi connectivity index (χ0v) is 41.8. The lowest BCUT2D eigenvalue weighted by atomic mass is 9.88. The summed E-state index contributed by atoms with van der Waals surface area (Å²) in [5, 5.41) is 30.6.